The van der Waals surface area contributed by atoms with Crippen LogP contribution in [0.1, 0.15) is 34.7 Å². The monoisotopic (exact) mass is 224 g/mol. The maximum Gasteiger partial charge on any atom is 0.151 e. The Kier molecular flexibility index (Phi) is 2.01. The van der Waals surface area contributed by atoms with E-state index in [2.05, 4.69) is 22.0 Å². The van der Waals surface area contributed by atoms with E-state index >= 15 is 0 Å². The smallest absolute Gasteiger partial charge is 0.151 e. The molecule has 2 rings (SSSR count). The van der Waals surface area contributed by atoms with E-state index < -0.39 is 0 Å². The summed E-state index contributed by atoms with van der Waals surface area (Å²) >= 11 is 3.45. The van der Waals surface area contributed by atoms with E-state index in [0.29, 0.717) is 5.92 Å². The third-order valence-electron chi connectivity index (χ3n) is 2.20. The minimum absolute atomic E-state index is 0.694. The van der Waals surface area contributed by atoms with Crippen molar-refractivity contribution < 1.29 is 4.79 Å². The van der Waals surface area contributed by atoms with E-state index in [1.165, 1.54) is 18.4 Å². The van der Waals surface area contributed by atoms with Crippen molar-refractivity contribution in [3.05, 3.63) is 33.8 Å². The standard InChI is InChI=1S/C10H9BrO/c11-10-8(6-12)2-1-3-9(10)7-4-5-7/h1-3,6-7H,4-5H2. The van der Waals surface area contributed by atoms with Crippen molar-refractivity contribution in [2.24, 2.45) is 0 Å². The van der Waals surface area contributed by atoms with Crippen molar-refractivity contribution in [3.8, 4) is 0 Å². The van der Waals surface area contributed by atoms with Crippen LogP contribution in [0.2, 0.25) is 0 Å². The van der Waals surface area contributed by atoms with Crippen LogP contribution in [0.4, 0.5) is 0 Å². The van der Waals surface area contributed by atoms with Gasteiger partial charge in [-0.2, -0.15) is 0 Å². The van der Waals surface area contributed by atoms with Crippen LogP contribution in [0.25, 0.3) is 0 Å². The maximum absolute atomic E-state index is 10.6. The van der Waals surface area contributed by atoms with Gasteiger partial charge in [0.25, 0.3) is 0 Å². The highest BCUT2D eigenvalue weighted by atomic mass is 79.9. The average Bonchev–Trinajstić information content (AvgIpc) is 2.88. The molecule has 0 spiro atoms. The maximum atomic E-state index is 10.6. The van der Waals surface area contributed by atoms with Crippen LogP contribution < -0.4 is 0 Å². The van der Waals surface area contributed by atoms with Crippen LogP contribution in [0.3, 0.4) is 0 Å². The third-order valence-corrected chi connectivity index (χ3v) is 3.12. The van der Waals surface area contributed by atoms with Crippen LogP contribution in [-0.2, 0) is 0 Å². The highest BCUT2D eigenvalue weighted by molar-refractivity contribution is 9.10. The summed E-state index contributed by atoms with van der Waals surface area (Å²) in [7, 11) is 0. The zero-order chi connectivity index (χ0) is 8.55. The minimum Gasteiger partial charge on any atom is -0.298 e. The molecule has 1 fully saturated rings. The molecule has 1 saturated carbocycles. The van der Waals surface area contributed by atoms with Gasteiger partial charge in [-0.3, -0.25) is 4.79 Å². The molecule has 1 aliphatic carbocycles. The molecule has 1 aromatic carbocycles. The molecule has 1 aromatic rings. The predicted octanol–water partition coefficient (Wildman–Crippen LogP) is 3.14. The van der Waals surface area contributed by atoms with Crippen LogP contribution >= 0.6 is 15.9 Å². The molecule has 0 atom stereocenters. The first-order valence-electron chi connectivity index (χ1n) is 4.06. The Morgan fingerprint density at radius 3 is 2.75 bits per heavy atom. The molecule has 1 aliphatic rings. The number of aldehydes is 1. The number of hydrogen-bond donors (Lipinski definition) is 0. The molecular formula is C10H9BrO. The molecular weight excluding hydrogens is 216 g/mol. The summed E-state index contributed by atoms with van der Waals surface area (Å²) in [5, 5.41) is 0. The van der Waals surface area contributed by atoms with Gasteiger partial charge in [-0.25, -0.2) is 0 Å². The van der Waals surface area contributed by atoms with E-state index in [-0.39, 0.29) is 0 Å². The number of carbonyl (C=O) groups is 1. The first-order valence-corrected chi connectivity index (χ1v) is 4.86. The van der Waals surface area contributed by atoms with Crippen molar-refractivity contribution in [1.82, 2.24) is 0 Å². The number of halogens is 1. The summed E-state index contributed by atoms with van der Waals surface area (Å²) in [4.78, 5) is 10.6. The highest BCUT2D eigenvalue weighted by Gasteiger charge is 2.25. The van der Waals surface area contributed by atoms with Gasteiger partial charge < -0.3 is 0 Å². The lowest BCUT2D eigenvalue weighted by Gasteiger charge is -2.03. The number of rotatable bonds is 2. The molecule has 0 bridgehead atoms. The van der Waals surface area contributed by atoms with Gasteiger partial charge in [0.1, 0.15) is 0 Å². The second kappa shape index (κ2) is 3.02. The molecule has 0 aromatic heterocycles. The fourth-order valence-electron chi connectivity index (χ4n) is 1.37. The van der Waals surface area contributed by atoms with Gasteiger partial charge in [0, 0.05) is 10.0 Å². The van der Waals surface area contributed by atoms with Crippen molar-refractivity contribution >= 4 is 22.2 Å². The molecule has 2 heteroatoms. The minimum atomic E-state index is 0.694. The molecule has 0 amide bonds. The van der Waals surface area contributed by atoms with Crippen LogP contribution in [-0.4, -0.2) is 6.29 Å². The van der Waals surface area contributed by atoms with Crippen molar-refractivity contribution in [1.29, 1.82) is 0 Å². The Labute approximate surface area is 79.9 Å². The van der Waals surface area contributed by atoms with E-state index in [0.717, 1.165) is 16.3 Å². The molecule has 1 nitrogen and oxygen atoms in total. The summed E-state index contributed by atoms with van der Waals surface area (Å²) < 4.78 is 0.988. The first kappa shape index (κ1) is 7.99. The summed E-state index contributed by atoms with van der Waals surface area (Å²) in [6.45, 7) is 0. The molecule has 0 N–H and O–H groups in total. The van der Waals surface area contributed by atoms with Gasteiger partial charge in [-0.1, -0.05) is 18.2 Å². The number of benzene rings is 1. The first-order chi connectivity index (χ1) is 5.83. The normalized spacial score (nSPS) is 16.1. The molecule has 12 heavy (non-hydrogen) atoms. The molecule has 0 radical (unpaired) electrons. The fraction of sp³-hybridized carbons (Fsp3) is 0.300. The Balaban J connectivity index is 2.47. The van der Waals surface area contributed by atoms with Gasteiger partial charge in [0.2, 0.25) is 0 Å². The SMILES string of the molecule is O=Cc1cccc(C2CC2)c1Br. The number of hydrogen-bond acceptors (Lipinski definition) is 1. The lowest BCUT2D eigenvalue weighted by atomic mass is 10.1. The van der Waals surface area contributed by atoms with Gasteiger partial charge in [-0.05, 0) is 40.3 Å². The Morgan fingerprint density at radius 1 is 1.42 bits per heavy atom. The Morgan fingerprint density at radius 2 is 2.17 bits per heavy atom. The molecule has 0 saturated heterocycles. The summed E-state index contributed by atoms with van der Waals surface area (Å²) in [5.74, 6) is 0.694. The van der Waals surface area contributed by atoms with Gasteiger partial charge in [-0.15, -0.1) is 0 Å². The second-order valence-electron chi connectivity index (χ2n) is 3.14. The second-order valence-corrected chi connectivity index (χ2v) is 3.94. The van der Waals surface area contributed by atoms with Gasteiger partial charge in [0.05, 0.1) is 0 Å². The van der Waals surface area contributed by atoms with Crippen LogP contribution in [0.15, 0.2) is 22.7 Å². The molecule has 62 valence electrons. The van der Waals surface area contributed by atoms with Gasteiger partial charge in [0.15, 0.2) is 6.29 Å². The largest absolute Gasteiger partial charge is 0.298 e. The number of carbonyl (C=O) groups excluding carboxylic acids is 1. The van der Waals surface area contributed by atoms with Crippen molar-refractivity contribution in [2.75, 3.05) is 0 Å². The van der Waals surface area contributed by atoms with Crippen molar-refractivity contribution in [3.63, 3.8) is 0 Å². The molecule has 0 unspecified atom stereocenters. The van der Waals surface area contributed by atoms with Crippen LogP contribution in [0.5, 0.6) is 0 Å². The predicted molar refractivity (Wildman–Crippen MR) is 51.5 cm³/mol. The van der Waals surface area contributed by atoms with E-state index in [4.69, 9.17) is 0 Å². The Bertz CT molecular complexity index is 316. The fourth-order valence-corrected chi connectivity index (χ4v) is 2.05. The summed E-state index contributed by atoms with van der Waals surface area (Å²) in [6.07, 6.45) is 3.43. The summed E-state index contributed by atoms with van der Waals surface area (Å²) in [5.41, 5.74) is 2.05. The van der Waals surface area contributed by atoms with E-state index in [9.17, 15) is 4.79 Å². The van der Waals surface area contributed by atoms with E-state index in [1.807, 2.05) is 12.1 Å². The summed E-state index contributed by atoms with van der Waals surface area (Å²) in [6, 6.07) is 5.87. The zero-order valence-electron chi connectivity index (χ0n) is 6.59. The topological polar surface area (TPSA) is 17.1 Å². The van der Waals surface area contributed by atoms with Crippen molar-refractivity contribution in [2.45, 2.75) is 18.8 Å². The average molecular weight is 225 g/mol. The molecule has 0 aliphatic heterocycles. The highest BCUT2D eigenvalue weighted by Crippen LogP contribution is 2.43. The lowest BCUT2D eigenvalue weighted by Crippen LogP contribution is -1.87. The van der Waals surface area contributed by atoms with Crippen LogP contribution in [0, 0.1) is 0 Å². The lowest BCUT2D eigenvalue weighted by molar-refractivity contribution is 0.112. The quantitative estimate of drug-likeness (QED) is 0.706. The third kappa shape index (κ3) is 1.31. The Hall–Kier alpha value is -0.630. The van der Waals surface area contributed by atoms with E-state index in [1.54, 1.807) is 0 Å². The molecule has 0 heterocycles. The van der Waals surface area contributed by atoms with Gasteiger partial charge >= 0.3 is 0 Å². The zero-order valence-corrected chi connectivity index (χ0v) is 8.17.